The number of piperidine rings is 1. The molecule has 5 rings (SSSR count). The highest BCUT2D eigenvalue weighted by Crippen LogP contribution is 2.30. The lowest BCUT2D eigenvalue weighted by Gasteiger charge is -2.43. The summed E-state index contributed by atoms with van der Waals surface area (Å²) in [5, 5.41) is 16.4. The van der Waals surface area contributed by atoms with E-state index in [0.717, 1.165) is 22.9 Å². The Hall–Kier alpha value is -3.24. The second-order valence-electron chi connectivity index (χ2n) is 9.16. The number of aliphatic hydroxyl groups is 1. The number of amides is 3. The van der Waals surface area contributed by atoms with Crippen molar-refractivity contribution in [3.63, 3.8) is 0 Å². The van der Waals surface area contributed by atoms with E-state index in [4.69, 9.17) is 4.74 Å². The van der Waals surface area contributed by atoms with E-state index in [9.17, 15) is 24.3 Å². The number of ether oxygens (including phenoxy) is 1. The van der Waals surface area contributed by atoms with Crippen LogP contribution in [-0.4, -0.2) is 64.2 Å². The Balaban J connectivity index is 1.34. The van der Waals surface area contributed by atoms with Crippen LogP contribution in [-0.2, 0) is 19.1 Å². The number of fused-ring (bicyclic) bond motifs is 2. The zero-order valence-electron chi connectivity index (χ0n) is 19.0. The minimum Gasteiger partial charge on any atom is -0.434 e. The number of rotatable bonds is 4. The van der Waals surface area contributed by atoms with E-state index in [2.05, 4.69) is 10.6 Å². The van der Waals surface area contributed by atoms with Crippen LogP contribution in [0.15, 0.2) is 42.5 Å². The first-order valence-electron chi connectivity index (χ1n) is 11.9. The number of carbonyl (C=O) groups is 4. The molecule has 3 aliphatic rings. The molecule has 0 aliphatic carbocycles. The van der Waals surface area contributed by atoms with Gasteiger partial charge < -0.3 is 25.4 Å². The third-order valence-corrected chi connectivity index (χ3v) is 7.93. The topological polar surface area (TPSA) is 125 Å². The zero-order valence-corrected chi connectivity index (χ0v) is 19.8. The highest BCUT2D eigenvalue weighted by molar-refractivity contribution is 7.20. The average molecular weight is 498 g/mol. The van der Waals surface area contributed by atoms with Gasteiger partial charge in [0.15, 0.2) is 0 Å². The van der Waals surface area contributed by atoms with Gasteiger partial charge >= 0.3 is 5.97 Å². The molecule has 0 radical (unpaired) electrons. The number of esters is 1. The zero-order chi connectivity index (χ0) is 24.5. The molecule has 5 atom stereocenters. The van der Waals surface area contributed by atoms with Gasteiger partial charge in [0.05, 0.1) is 11.3 Å². The predicted molar refractivity (Wildman–Crippen MR) is 128 cm³/mol. The van der Waals surface area contributed by atoms with E-state index in [0.29, 0.717) is 24.1 Å². The highest BCUT2D eigenvalue weighted by Gasteiger charge is 2.43. The minimum absolute atomic E-state index is 0.117. The number of thiophene rings is 1. The molecular formula is C25H27N3O6S. The van der Waals surface area contributed by atoms with Crippen molar-refractivity contribution in [2.75, 3.05) is 0 Å². The van der Waals surface area contributed by atoms with Crippen LogP contribution in [0.2, 0.25) is 0 Å². The van der Waals surface area contributed by atoms with Crippen LogP contribution in [0.3, 0.4) is 0 Å². The third kappa shape index (κ3) is 4.81. The van der Waals surface area contributed by atoms with Crippen LogP contribution in [0.1, 0.15) is 48.2 Å². The molecule has 0 spiro atoms. The molecule has 2 unspecified atom stereocenters. The normalized spacial score (nSPS) is 29.6. The largest absolute Gasteiger partial charge is 0.434 e. The first-order chi connectivity index (χ1) is 16.9. The van der Waals surface area contributed by atoms with Crippen molar-refractivity contribution in [1.82, 2.24) is 15.5 Å². The predicted octanol–water partition coefficient (Wildman–Crippen LogP) is 1.85. The lowest BCUT2D eigenvalue weighted by Crippen LogP contribution is -2.62. The lowest BCUT2D eigenvalue weighted by molar-refractivity contribution is -0.156. The van der Waals surface area contributed by atoms with Crippen molar-refractivity contribution in [2.45, 2.75) is 69.0 Å². The highest BCUT2D eigenvalue weighted by atomic mass is 32.1. The van der Waals surface area contributed by atoms with Crippen molar-refractivity contribution in [3.8, 4) is 0 Å². The van der Waals surface area contributed by atoms with E-state index in [1.165, 1.54) is 11.3 Å². The number of carbonyl (C=O) groups excluding carboxylic acids is 4. The number of nitrogens with one attached hydrogen (secondary N) is 2. The fourth-order valence-electron chi connectivity index (χ4n) is 5.06. The molecule has 1 aromatic heterocycles. The van der Waals surface area contributed by atoms with Gasteiger partial charge in [0.1, 0.15) is 18.1 Å². The summed E-state index contributed by atoms with van der Waals surface area (Å²) < 4.78 is 5.71. The Kier molecular flexibility index (Phi) is 6.57. The molecule has 3 amide bonds. The van der Waals surface area contributed by atoms with E-state index >= 15 is 0 Å². The maximum atomic E-state index is 13.7. The second kappa shape index (κ2) is 9.79. The molecule has 3 N–H and O–H groups in total. The van der Waals surface area contributed by atoms with Crippen LogP contribution in [0, 0.1) is 0 Å². The average Bonchev–Trinajstić information content (AvgIpc) is 3.41. The lowest BCUT2D eigenvalue weighted by atomic mass is 9.90. The van der Waals surface area contributed by atoms with Gasteiger partial charge in [-0.3, -0.25) is 19.2 Å². The Bertz CT molecular complexity index is 1160. The molecule has 10 heteroatoms. The number of benzene rings is 1. The maximum absolute atomic E-state index is 13.7. The molecule has 35 heavy (non-hydrogen) atoms. The second-order valence-corrected chi connectivity index (χ2v) is 10.2. The maximum Gasteiger partial charge on any atom is 0.310 e. The number of hydrogen-bond donors (Lipinski definition) is 3. The Labute approximate surface area is 206 Å². The summed E-state index contributed by atoms with van der Waals surface area (Å²) in [5.41, 5.74) is 0. The van der Waals surface area contributed by atoms with Crippen molar-refractivity contribution in [1.29, 1.82) is 0 Å². The van der Waals surface area contributed by atoms with E-state index in [1.54, 1.807) is 4.90 Å². The van der Waals surface area contributed by atoms with Gasteiger partial charge in [-0.05, 0) is 49.6 Å². The van der Waals surface area contributed by atoms with E-state index in [1.807, 2.05) is 42.5 Å². The van der Waals surface area contributed by atoms with Crippen molar-refractivity contribution in [2.24, 2.45) is 0 Å². The quantitative estimate of drug-likeness (QED) is 0.437. The molecule has 9 nitrogen and oxygen atoms in total. The van der Waals surface area contributed by atoms with Crippen molar-refractivity contribution < 1.29 is 29.0 Å². The molecule has 2 fully saturated rings. The Morgan fingerprint density at radius 3 is 2.66 bits per heavy atom. The smallest absolute Gasteiger partial charge is 0.310 e. The van der Waals surface area contributed by atoms with Crippen LogP contribution < -0.4 is 10.6 Å². The summed E-state index contributed by atoms with van der Waals surface area (Å²) in [7, 11) is 0. The van der Waals surface area contributed by atoms with Crippen LogP contribution in [0.25, 0.3) is 10.1 Å². The monoisotopic (exact) mass is 497 g/mol. The van der Waals surface area contributed by atoms with Gasteiger partial charge in [-0.25, -0.2) is 0 Å². The molecule has 0 saturated carbocycles. The molecular weight excluding hydrogens is 470 g/mol. The summed E-state index contributed by atoms with van der Waals surface area (Å²) in [6.45, 7) is 0. The van der Waals surface area contributed by atoms with Gasteiger partial charge in [0.25, 0.3) is 5.91 Å². The SMILES string of the molecule is O=C1CC(NC(=O)[C@@H]2CCC[C@@H]3C/C=C\C[C@H](NC(=O)c4cc5ccccc5s4)C(=O)N32)C(O)O1. The van der Waals surface area contributed by atoms with Crippen LogP contribution in [0.5, 0.6) is 0 Å². The molecule has 0 bridgehead atoms. The number of cyclic esters (lactones) is 1. The summed E-state index contributed by atoms with van der Waals surface area (Å²) in [6, 6.07) is 6.96. The number of nitrogens with zero attached hydrogens (tertiary/aromatic N) is 1. The minimum atomic E-state index is -1.40. The first-order valence-corrected chi connectivity index (χ1v) is 12.7. The van der Waals surface area contributed by atoms with Gasteiger partial charge in [-0.15, -0.1) is 11.3 Å². The van der Waals surface area contributed by atoms with Crippen molar-refractivity contribution >= 4 is 45.1 Å². The summed E-state index contributed by atoms with van der Waals surface area (Å²) in [4.78, 5) is 53.5. The van der Waals surface area contributed by atoms with Gasteiger partial charge in [-0.1, -0.05) is 30.4 Å². The fraction of sp³-hybridized carbons (Fsp3) is 0.440. The Morgan fingerprint density at radius 1 is 1.09 bits per heavy atom. The van der Waals surface area contributed by atoms with Crippen molar-refractivity contribution in [3.05, 3.63) is 47.4 Å². The van der Waals surface area contributed by atoms with Gasteiger partial charge in [0.2, 0.25) is 18.1 Å². The molecule has 2 aromatic rings. The van der Waals surface area contributed by atoms with Crippen LogP contribution >= 0.6 is 11.3 Å². The Morgan fingerprint density at radius 2 is 1.89 bits per heavy atom. The molecule has 3 aliphatic heterocycles. The molecule has 184 valence electrons. The number of aliphatic hydroxyl groups excluding tert-OH is 1. The standard InChI is InChI=1S/C25H27N3O6S/c29-21-13-17(25(33)34-21)27-22(30)18-10-5-8-15-7-2-3-9-16(24(32)28(15)18)26-23(31)20-12-14-6-1-4-11-19(14)35-20/h1-4,6,11-12,15-18,25,33H,5,7-10,13H2,(H,26,31)(H,27,30)/b3-2-/t15-,16-,17?,18-,25?/m0/s1. The molecule has 1 aromatic carbocycles. The van der Waals surface area contributed by atoms with Gasteiger partial charge in [-0.2, -0.15) is 0 Å². The fourth-order valence-corrected chi connectivity index (χ4v) is 6.02. The summed E-state index contributed by atoms with van der Waals surface area (Å²) >= 11 is 1.37. The number of hydrogen-bond acceptors (Lipinski definition) is 7. The molecule has 2 saturated heterocycles. The van der Waals surface area contributed by atoms with E-state index < -0.39 is 36.3 Å². The van der Waals surface area contributed by atoms with Crippen LogP contribution in [0.4, 0.5) is 0 Å². The molecule has 4 heterocycles. The van der Waals surface area contributed by atoms with Gasteiger partial charge in [0, 0.05) is 10.7 Å². The van der Waals surface area contributed by atoms with E-state index in [-0.39, 0.29) is 24.3 Å². The summed E-state index contributed by atoms with van der Waals surface area (Å²) in [5.74, 6) is -1.63. The first kappa shape index (κ1) is 23.5. The third-order valence-electron chi connectivity index (χ3n) is 6.81. The summed E-state index contributed by atoms with van der Waals surface area (Å²) in [6.07, 6.45) is 5.33.